The molecular weight excluding hydrogens is 369 g/mol. The normalized spacial score (nSPS) is 14.8. The SMILES string of the molecule is CSc1cccc2sc(N3CCN(C(=O)c4ccccc4F)CC3)nc12. The van der Waals surface area contributed by atoms with Crippen LogP contribution in [0.25, 0.3) is 10.2 Å². The lowest BCUT2D eigenvalue weighted by molar-refractivity contribution is 0.0742. The van der Waals surface area contributed by atoms with Crippen molar-refractivity contribution >= 4 is 44.4 Å². The molecule has 1 amide bonds. The Balaban J connectivity index is 1.49. The largest absolute Gasteiger partial charge is 0.345 e. The van der Waals surface area contributed by atoms with E-state index >= 15 is 0 Å². The minimum atomic E-state index is -0.462. The second-order valence-electron chi connectivity index (χ2n) is 6.06. The Kier molecular flexibility index (Phi) is 4.82. The predicted molar refractivity (Wildman–Crippen MR) is 106 cm³/mol. The number of halogens is 1. The second-order valence-corrected chi connectivity index (χ2v) is 7.92. The molecule has 2 aromatic carbocycles. The van der Waals surface area contributed by atoms with E-state index in [4.69, 9.17) is 4.98 Å². The molecule has 26 heavy (non-hydrogen) atoms. The summed E-state index contributed by atoms with van der Waals surface area (Å²) in [6.07, 6.45) is 2.06. The van der Waals surface area contributed by atoms with E-state index < -0.39 is 5.82 Å². The van der Waals surface area contributed by atoms with Gasteiger partial charge < -0.3 is 9.80 Å². The van der Waals surface area contributed by atoms with Gasteiger partial charge in [-0.3, -0.25) is 4.79 Å². The number of nitrogens with zero attached hydrogens (tertiary/aromatic N) is 3. The third-order valence-electron chi connectivity index (χ3n) is 4.53. The summed E-state index contributed by atoms with van der Waals surface area (Å²) >= 11 is 3.38. The highest BCUT2D eigenvalue weighted by Gasteiger charge is 2.25. The molecule has 2 heterocycles. The highest BCUT2D eigenvalue weighted by Crippen LogP contribution is 2.34. The molecular formula is C19H18FN3OS2. The van der Waals surface area contributed by atoms with Gasteiger partial charge in [-0.1, -0.05) is 29.5 Å². The Morgan fingerprint density at radius 1 is 1.12 bits per heavy atom. The minimum Gasteiger partial charge on any atom is -0.345 e. The number of rotatable bonds is 3. The van der Waals surface area contributed by atoms with Crippen molar-refractivity contribution in [3.8, 4) is 0 Å². The third-order valence-corrected chi connectivity index (χ3v) is 6.38. The van der Waals surface area contributed by atoms with E-state index in [0.717, 1.165) is 10.6 Å². The maximum Gasteiger partial charge on any atom is 0.256 e. The van der Waals surface area contributed by atoms with E-state index in [0.29, 0.717) is 26.2 Å². The average molecular weight is 388 g/mol. The molecule has 1 fully saturated rings. The Hall–Kier alpha value is -2.12. The maximum absolute atomic E-state index is 13.9. The summed E-state index contributed by atoms with van der Waals surface area (Å²) in [6, 6.07) is 12.4. The van der Waals surface area contributed by atoms with Crippen LogP contribution in [0.5, 0.6) is 0 Å². The van der Waals surface area contributed by atoms with Crippen molar-refractivity contribution in [3.63, 3.8) is 0 Å². The van der Waals surface area contributed by atoms with E-state index in [1.54, 1.807) is 46.2 Å². The number of fused-ring (bicyclic) bond motifs is 1. The highest BCUT2D eigenvalue weighted by molar-refractivity contribution is 7.98. The van der Waals surface area contributed by atoms with Crippen LogP contribution < -0.4 is 4.90 Å². The molecule has 7 heteroatoms. The molecule has 4 nitrogen and oxygen atoms in total. The van der Waals surface area contributed by atoms with Gasteiger partial charge >= 0.3 is 0 Å². The van der Waals surface area contributed by atoms with Gasteiger partial charge in [0.15, 0.2) is 5.13 Å². The first-order chi connectivity index (χ1) is 12.7. The zero-order valence-electron chi connectivity index (χ0n) is 14.3. The molecule has 3 aromatic rings. The van der Waals surface area contributed by atoms with E-state index in [9.17, 15) is 9.18 Å². The molecule has 0 bridgehead atoms. The summed E-state index contributed by atoms with van der Waals surface area (Å²) in [4.78, 5) is 22.5. The Morgan fingerprint density at radius 2 is 1.88 bits per heavy atom. The topological polar surface area (TPSA) is 36.4 Å². The number of para-hydroxylation sites is 1. The van der Waals surface area contributed by atoms with Crippen molar-refractivity contribution in [3.05, 3.63) is 53.8 Å². The number of hydrogen-bond acceptors (Lipinski definition) is 5. The van der Waals surface area contributed by atoms with Gasteiger partial charge in [0.05, 0.1) is 15.8 Å². The summed E-state index contributed by atoms with van der Waals surface area (Å²) in [5.41, 5.74) is 1.19. The van der Waals surface area contributed by atoms with Gasteiger partial charge in [0, 0.05) is 31.1 Å². The highest BCUT2D eigenvalue weighted by atomic mass is 32.2. The van der Waals surface area contributed by atoms with Crippen LogP contribution in [-0.4, -0.2) is 48.2 Å². The van der Waals surface area contributed by atoms with Crippen molar-refractivity contribution in [2.45, 2.75) is 4.90 Å². The molecule has 1 saturated heterocycles. The number of thioether (sulfide) groups is 1. The van der Waals surface area contributed by atoms with Gasteiger partial charge in [-0.05, 0) is 30.5 Å². The number of aromatic nitrogens is 1. The van der Waals surface area contributed by atoms with Crippen LogP contribution in [0.4, 0.5) is 9.52 Å². The lowest BCUT2D eigenvalue weighted by atomic mass is 10.1. The number of benzene rings is 2. The molecule has 0 spiro atoms. The molecule has 0 aliphatic carbocycles. The van der Waals surface area contributed by atoms with Crippen molar-refractivity contribution < 1.29 is 9.18 Å². The monoisotopic (exact) mass is 387 g/mol. The van der Waals surface area contributed by atoms with E-state index in [-0.39, 0.29) is 11.5 Å². The zero-order chi connectivity index (χ0) is 18.1. The number of hydrogen-bond donors (Lipinski definition) is 0. The molecule has 4 rings (SSSR count). The van der Waals surface area contributed by atoms with Crippen molar-refractivity contribution in [1.82, 2.24) is 9.88 Å². The van der Waals surface area contributed by atoms with Gasteiger partial charge in [-0.25, -0.2) is 9.37 Å². The van der Waals surface area contributed by atoms with Crippen molar-refractivity contribution in [2.75, 3.05) is 37.3 Å². The molecule has 0 unspecified atom stereocenters. The van der Waals surface area contributed by atoms with Gasteiger partial charge in [-0.2, -0.15) is 0 Å². The maximum atomic E-state index is 13.9. The number of anilines is 1. The average Bonchev–Trinajstić information content (AvgIpc) is 3.12. The van der Waals surface area contributed by atoms with E-state index in [2.05, 4.69) is 29.4 Å². The number of carbonyl (C=O) groups excluding carboxylic acids is 1. The van der Waals surface area contributed by atoms with Crippen LogP contribution in [0.1, 0.15) is 10.4 Å². The number of carbonyl (C=O) groups is 1. The quantitative estimate of drug-likeness (QED) is 0.634. The first-order valence-electron chi connectivity index (χ1n) is 8.39. The first kappa shape index (κ1) is 17.3. The smallest absolute Gasteiger partial charge is 0.256 e. The minimum absolute atomic E-state index is 0.144. The molecule has 0 atom stereocenters. The third kappa shape index (κ3) is 3.17. The molecule has 1 aromatic heterocycles. The Bertz CT molecular complexity index is 951. The zero-order valence-corrected chi connectivity index (χ0v) is 15.9. The molecule has 0 N–H and O–H groups in total. The van der Waals surface area contributed by atoms with E-state index in [1.807, 2.05) is 0 Å². The van der Waals surface area contributed by atoms with Crippen LogP contribution in [0.2, 0.25) is 0 Å². The van der Waals surface area contributed by atoms with Gasteiger partial charge in [0.25, 0.3) is 5.91 Å². The summed E-state index contributed by atoms with van der Waals surface area (Å²) < 4.78 is 15.0. The summed E-state index contributed by atoms with van der Waals surface area (Å²) in [6.45, 7) is 2.54. The lowest BCUT2D eigenvalue weighted by Gasteiger charge is -2.34. The standard InChI is InChI=1S/C19H18FN3OS2/c1-25-15-7-4-8-16-17(15)21-19(26-16)23-11-9-22(10-12-23)18(24)13-5-2-3-6-14(13)20/h2-8H,9-12H2,1H3. The van der Waals surface area contributed by atoms with Crippen molar-refractivity contribution in [2.24, 2.45) is 0 Å². The molecule has 0 saturated carbocycles. The molecule has 0 radical (unpaired) electrons. The fraction of sp³-hybridized carbons (Fsp3) is 0.263. The lowest BCUT2D eigenvalue weighted by Crippen LogP contribution is -2.49. The van der Waals surface area contributed by atoms with E-state index in [1.165, 1.54) is 15.7 Å². The first-order valence-corrected chi connectivity index (χ1v) is 10.4. The predicted octanol–water partition coefficient (Wildman–Crippen LogP) is 4.12. The Labute approximate surface area is 159 Å². The van der Waals surface area contributed by atoms with Crippen LogP contribution in [0, 0.1) is 5.82 Å². The van der Waals surface area contributed by atoms with Gasteiger partial charge in [-0.15, -0.1) is 11.8 Å². The summed E-state index contributed by atoms with van der Waals surface area (Å²) in [5, 5.41) is 0.986. The number of thiazole rings is 1. The molecule has 1 aliphatic rings. The molecule has 1 aliphatic heterocycles. The summed E-state index contributed by atoms with van der Waals surface area (Å²) in [5.74, 6) is -0.701. The van der Waals surface area contributed by atoms with Crippen LogP contribution in [0.3, 0.4) is 0 Å². The van der Waals surface area contributed by atoms with Crippen LogP contribution in [-0.2, 0) is 0 Å². The Morgan fingerprint density at radius 3 is 2.62 bits per heavy atom. The molecule has 134 valence electrons. The van der Waals surface area contributed by atoms with Crippen LogP contribution >= 0.6 is 23.1 Å². The summed E-state index contributed by atoms with van der Waals surface area (Å²) in [7, 11) is 0. The van der Waals surface area contributed by atoms with Crippen molar-refractivity contribution in [1.29, 1.82) is 0 Å². The number of piperazine rings is 1. The second kappa shape index (κ2) is 7.25. The fourth-order valence-electron chi connectivity index (χ4n) is 3.12. The number of amides is 1. The van der Waals surface area contributed by atoms with Gasteiger partial charge in [0.1, 0.15) is 5.82 Å². The fourth-order valence-corrected chi connectivity index (χ4v) is 4.79. The van der Waals surface area contributed by atoms with Crippen LogP contribution in [0.15, 0.2) is 47.4 Å². The van der Waals surface area contributed by atoms with Gasteiger partial charge in [0.2, 0.25) is 0 Å².